The molecule has 2 rings (SSSR count). The summed E-state index contributed by atoms with van der Waals surface area (Å²) in [7, 11) is 0. The third kappa shape index (κ3) is 2.99. The lowest BCUT2D eigenvalue weighted by atomic mass is 10.1. The topological polar surface area (TPSA) is 50.4 Å². The Morgan fingerprint density at radius 1 is 1.53 bits per heavy atom. The zero-order valence-corrected chi connectivity index (χ0v) is 9.45. The third-order valence-electron chi connectivity index (χ3n) is 2.49. The lowest BCUT2D eigenvalue weighted by molar-refractivity contribution is -0.115. The fourth-order valence-corrected chi connectivity index (χ4v) is 1.72. The molecule has 4 nitrogen and oxygen atoms in total. The first-order valence-electron chi connectivity index (χ1n) is 5.49. The summed E-state index contributed by atoms with van der Waals surface area (Å²) >= 11 is 0. The van der Waals surface area contributed by atoms with Gasteiger partial charge in [0.15, 0.2) is 0 Å². The second-order valence-electron chi connectivity index (χ2n) is 3.78. The van der Waals surface area contributed by atoms with Crippen molar-refractivity contribution in [1.29, 1.82) is 0 Å². The van der Waals surface area contributed by atoms with E-state index in [0.29, 0.717) is 6.54 Å². The molecule has 0 bridgehead atoms. The Balaban J connectivity index is 1.91. The van der Waals surface area contributed by atoms with E-state index in [9.17, 15) is 4.79 Å². The van der Waals surface area contributed by atoms with Crippen LogP contribution in [0.4, 0.5) is 5.69 Å². The number of nitrogens with one attached hydrogen (secondary N) is 2. The van der Waals surface area contributed by atoms with Gasteiger partial charge < -0.3 is 10.1 Å². The SMILES string of the molecule is C#CCNCC(=O)Nc1ccc2c(c1)CCO2. The van der Waals surface area contributed by atoms with Gasteiger partial charge in [-0.2, -0.15) is 0 Å². The second kappa shape index (κ2) is 5.37. The van der Waals surface area contributed by atoms with Crippen molar-refractivity contribution in [2.45, 2.75) is 6.42 Å². The van der Waals surface area contributed by atoms with Crippen LogP contribution in [0.5, 0.6) is 5.75 Å². The molecule has 4 heteroatoms. The number of benzene rings is 1. The van der Waals surface area contributed by atoms with Gasteiger partial charge in [-0.15, -0.1) is 6.42 Å². The minimum atomic E-state index is -0.0980. The van der Waals surface area contributed by atoms with Crippen LogP contribution < -0.4 is 15.4 Å². The van der Waals surface area contributed by atoms with Gasteiger partial charge >= 0.3 is 0 Å². The van der Waals surface area contributed by atoms with Crippen LogP contribution in [-0.2, 0) is 11.2 Å². The summed E-state index contributed by atoms with van der Waals surface area (Å²) < 4.78 is 5.39. The van der Waals surface area contributed by atoms with Crippen molar-refractivity contribution >= 4 is 11.6 Å². The standard InChI is InChI=1S/C13H14N2O2/c1-2-6-14-9-13(16)15-11-3-4-12-10(8-11)5-7-17-12/h1,3-4,8,14H,5-7,9H2,(H,15,16). The minimum absolute atomic E-state index is 0.0980. The van der Waals surface area contributed by atoms with Gasteiger partial charge in [-0.05, 0) is 23.8 Å². The normalized spacial score (nSPS) is 12.4. The van der Waals surface area contributed by atoms with Gasteiger partial charge in [-0.25, -0.2) is 0 Å². The number of hydrogen-bond donors (Lipinski definition) is 2. The summed E-state index contributed by atoms with van der Waals surface area (Å²) in [6.07, 6.45) is 5.97. The van der Waals surface area contributed by atoms with Crippen LogP contribution in [0, 0.1) is 12.3 Å². The number of anilines is 1. The van der Waals surface area contributed by atoms with Crippen molar-refractivity contribution in [1.82, 2.24) is 5.32 Å². The smallest absolute Gasteiger partial charge is 0.238 e. The van der Waals surface area contributed by atoms with E-state index in [1.807, 2.05) is 18.2 Å². The molecular weight excluding hydrogens is 216 g/mol. The number of carbonyl (C=O) groups excluding carboxylic acids is 1. The van der Waals surface area contributed by atoms with Crippen molar-refractivity contribution in [3.05, 3.63) is 23.8 Å². The molecule has 17 heavy (non-hydrogen) atoms. The van der Waals surface area contributed by atoms with Crippen LogP contribution in [0.1, 0.15) is 5.56 Å². The molecule has 0 saturated carbocycles. The van der Waals surface area contributed by atoms with Crippen molar-refractivity contribution in [3.63, 3.8) is 0 Å². The van der Waals surface area contributed by atoms with Gasteiger partial charge in [-0.1, -0.05) is 5.92 Å². The number of amides is 1. The molecule has 0 saturated heterocycles. The average molecular weight is 230 g/mol. The highest BCUT2D eigenvalue weighted by atomic mass is 16.5. The van der Waals surface area contributed by atoms with Gasteiger partial charge in [0.2, 0.25) is 5.91 Å². The number of fused-ring (bicyclic) bond motifs is 1. The molecule has 1 aliphatic heterocycles. The predicted molar refractivity (Wildman–Crippen MR) is 66.0 cm³/mol. The van der Waals surface area contributed by atoms with Gasteiger partial charge in [0.1, 0.15) is 5.75 Å². The Kier molecular flexibility index (Phi) is 3.63. The van der Waals surface area contributed by atoms with Crippen LogP contribution >= 0.6 is 0 Å². The molecule has 2 N–H and O–H groups in total. The van der Waals surface area contributed by atoms with Gasteiger partial charge in [0, 0.05) is 12.1 Å². The summed E-state index contributed by atoms with van der Waals surface area (Å²) in [6, 6.07) is 5.66. The molecule has 0 aliphatic carbocycles. The predicted octanol–water partition coefficient (Wildman–Crippen LogP) is 0.783. The number of ether oxygens (including phenoxy) is 1. The minimum Gasteiger partial charge on any atom is -0.493 e. The van der Waals surface area contributed by atoms with Crippen LogP contribution in [0.15, 0.2) is 18.2 Å². The Morgan fingerprint density at radius 3 is 3.24 bits per heavy atom. The van der Waals surface area contributed by atoms with Crippen LogP contribution in [-0.4, -0.2) is 25.6 Å². The summed E-state index contributed by atoms with van der Waals surface area (Å²) in [4.78, 5) is 11.5. The van der Waals surface area contributed by atoms with E-state index in [1.54, 1.807) is 0 Å². The highest BCUT2D eigenvalue weighted by Gasteiger charge is 2.12. The molecule has 88 valence electrons. The molecule has 1 aromatic carbocycles. The van der Waals surface area contributed by atoms with Crippen LogP contribution in [0.3, 0.4) is 0 Å². The van der Waals surface area contributed by atoms with E-state index in [1.165, 1.54) is 0 Å². The maximum absolute atomic E-state index is 11.5. The molecule has 0 unspecified atom stereocenters. The molecule has 0 atom stereocenters. The lowest BCUT2D eigenvalue weighted by Crippen LogP contribution is -2.28. The van der Waals surface area contributed by atoms with E-state index in [0.717, 1.165) is 30.0 Å². The first kappa shape index (κ1) is 11.5. The molecule has 1 aliphatic rings. The molecule has 1 aromatic rings. The first-order valence-corrected chi connectivity index (χ1v) is 5.49. The van der Waals surface area contributed by atoms with Gasteiger partial charge in [-0.3, -0.25) is 10.1 Å². The monoisotopic (exact) mass is 230 g/mol. The molecule has 0 aromatic heterocycles. The highest BCUT2D eigenvalue weighted by molar-refractivity contribution is 5.92. The molecular formula is C13H14N2O2. The number of carbonyl (C=O) groups is 1. The molecule has 0 spiro atoms. The summed E-state index contributed by atoms with van der Waals surface area (Å²) in [5.41, 5.74) is 1.93. The van der Waals surface area contributed by atoms with E-state index >= 15 is 0 Å². The fourth-order valence-electron chi connectivity index (χ4n) is 1.72. The third-order valence-corrected chi connectivity index (χ3v) is 2.49. The van der Waals surface area contributed by atoms with Crippen molar-refractivity contribution in [3.8, 4) is 18.1 Å². The zero-order valence-electron chi connectivity index (χ0n) is 9.45. The van der Waals surface area contributed by atoms with Crippen molar-refractivity contribution in [2.24, 2.45) is 0 Å². The van der Waals surface area contributed by atoms with Gasteiger partial charge in [0.05, 0.1) is 19.7 Å². The first-order chi connectivity index (χ1) is 8.29. The van der Waals surface area contributed by atoms with E-state index < -0.39 is 0 Å². The Labute approximate surface area is 100 Å². The Hall–Kier alpha value is -1.99. The van der Waals surface area contributed by atoms with Crippen LogP contribution in [0.25, 0.3) is 0 Å². The van der Waals surface area contributed by atoms with Crippen molar-refractivity contribution in [2.75, 3.05) is 25.0 Å². The van der Waals surface area contributed by atoms with Gasteiger partial charge in [0.25, 0.3) is 0 Å². The molecule has 1 heterocycles. The lowest BCUT2D eigenvalue weighted by Gasteiger charge is -2.06. The summed E-state index contributed by atoms with van der Waals surface area (Å²) in [5.74, 6) is 3.23. The number of terminal acetylenes is 1. The highest BCUT2D eigenvalue weighted by Crippen LogP contribution is 2.27. The number of rotatable bonds is 4. The summed E-state index contributed by atoms with van der Waals surface area (Å²) in [5, 5.41) is 5.64. The maximum Gasteiger partial charge on any atom is 0.238 e. The largest absolute Gasteiger partial charge is 0.493 e. The molecule has 0 radical (unpaired) electrons. The zero-order chi connectivity index (χ0) is 12.1. The maximum atomic E-state index is 11.5. The van der Waals surface area contributed by atoms with E-state index in [-0.39, 0.29) is 12.5 Å². The Morgan fingerprint density at radius 2 is 2.41 bits per heavy atom. The van der Waals surface area contributed by atoms with E-state index in [2.05, 4.69) is 16.6 Å². The quantitative estimate of drug-likeness (QED) is 0.593. The van der Waals surface area contributed by atoms with E-state index in [4.69, 9.17) is 11.2 Å². The average Bonchev–Trinajstić information content (AvgIpc) is 2.76. The van der Waals surface area contributed by atoms with Crippen LogP contribution in [0.2, 0.25) is 0 Å². The fraction of sp³-hybridized carbons (Fsp3) is 0.308. The summed E-state index contributed by atoms with van der Waals surface area (Å²) in [6.45, 7) is 1.33. The number of hydrogen-bond acceptors (Lipinski definition) is 3. The Bertz CT molecular complexity index is 463. The molecule has 0 fully saturated rings. The second-order valence-corrected chi connectivity index (χ2v) is 3.78. The molecule has 1 amide bonds. The van der Waals surface area contributed by atoms with Crippen molar-refractivity contribution < 1.29 is 9.53 Å².